The van der Waals surface area contributed by atoms with Crippen LogP contribution in [0.15, 0.2) is 24.3 Å². The van der Waals surface area contributed by atoms with Gasteiger partial charge in [0.05, 0.1) is 18.8 Å². The lowest BCUT2D eigenvalue weighted by Gasteiger charge is -2.12. The molecule has 0 aliphatic heterocycles. The zero-order valence-corrected chi connectivity index (χ0v) is 12.3. The smallest absolute Gasteiger partial charge is 0.251 e. The number of hydrogen-bond acceptors (Lipinski definition) is 4. The Morgan fingerprint density at radius 2 is 2.15 bits per heavy atom. The van der Waals surface area contributed by atoms with Gasteiger partial charge in [0.15, 0.2) is 0 Å². The van der Waals surface area contributed by atoms with Crippen LogP contribution in [0.1, 0.15) is 30.6 Å². The highest BCUT2D eigenvalue weighted by Crippen LogP contribution is 2.14. The molecule has 1 atom stereocenters. The van der Waals surface area contributed by atoms with Crippen LogP contribution in [0.2, 0.25) is 0 Å². The van der Waals surface area contributed by atoms with Crippen LogP contribution in [0.3, 0.4) is 0 Å². The van der Waals surface area contributed by atoms with Crippen molar-refractivity contribution >= 4 is 5.91 Å². The Kier molecular flexibility index (Phi) is 7.04. The standard InChI is InChI=1S/C15H23NO4/c1-11(2)20-14-6-4-5-12(9-14)15(18)16-8-7-13(17)10-19-3/h4-6,9,11,13,17H,7-8,10H2,1-3H3,(H,16,18). The van der Waals surface area contributed by atoms with Crippen LogP contribution in [-0.2, 0) is 4.74 Å². The fourth-order valence-electron chi connectivity index (χ4n) is 1.71. The van der Waals surface area contributed by atoms with Crippen molar-refractivity contribution in [3.05, 3.63) is 29.8 Å². The number of benzene rings is 1. The van der Waals surface area contributed by atoms with E-state index >= 15 is 0 Å². The molecule has 1 aromatic rings. The van der Waals surface area contributed by atoms with Crippen LogP contribution in [0.4, 0.5) is 0 Å². The van der Waals surface area contributed by atoms with Crippen molar-refractivity contribution in [1.82, 2.24) is 5.32 Å². The quantitative estimate of drug-likeness (QED) is 0.759. The summed E-state index contributed by atoms with van der Waals surface area (Å²) in [7, 11) is 1.53. The number of methoxy groups -OCH3 is 1. The second-order valence-corrected chi connectivity index (χ2v) is 4.85. The van der Waals surface area contributed by atoms with Crippen molar-refractivity contribution < 1.29 is 19.4 Å². The van der Waals surface area contributed by atoms with E-state index in [1.807, 2.05) is 19.9 Å². The van der Waals surface area contributed by atoms with Gasteiger partial charge in [0, 0.05) is 19.2 Å². The third-order valence-corrected chi connectivity index (χ3v) is 2.59. The molecule has 0 spiro atoms. The van der Waals surface area contributed by atoms with Crippen LogP contribution in [0.5, 0.6) is 5.75 Å². The van der Waals surface area contributed by atoms with Gasteiger partial charge in [-0.1, -0.05) is 6.07 Å². The Morgan fingerprint density at radius 1 is 1.40 bits per heavy atom. The summed E-state index contributed by atoms with van der Waals surface area (Å²) in [5, 5.41) is 12.2. The molecule has 0 fully saturated rings. The van der Waals surface area contributed by atoms with Crippen molar-refractivity contribution in [2.24, 2.45) is 0 Å². The van der Waals surface area contributed by atoms with Gasteiger partial charge in [-0.3, -0.25) is 4.79 Å². The molecule has 0 bridgehead atoms. The summed E-state index contributed by atoms with van der Waals surface area (Å²) in [5.74, 6) is 0.496. The molecule has 112 valence electrons. The molecule has 0 heterocycles. The molecular formula is C15H23NO4. The maximum Gasteiger partial charge on any atom is 0.251 e. The second-order valence-electron chi connectivity index (χ2n) is 4.85. The molecule has 1 rings (SSSR count). The van der Waals surface area contributed by atoms with Crippen molar-refractivity contribution in [3.63, 3.8) is 0 Å². The normalized spacial score (nSPS) is 12.2. The number of amides is 1. The molecule has 20 heavy (non-hydrogen) atoms. The maximum atomic E-state index is 11.9. The fourth-order valence-corrected chi connectivity index (χ4v) is 1.71. The lowest BCUT2D eigenvalue weighted by molar-refractivity contribution is 0.0587. The molecule has 1 unspecified atom stereocenters. The molecule has 0 aliphatic carbocycles. The zero-order chi connectivity index (χ0) is 15.0. The molecule has 0 saturated heterocycles. The summed E-state index contributed by atoms with van der Waals surface area (Å²) < 4.78 is 10.4. The van der Waals surface area contributed by atoms with E-state index in [9.17, 15) is 9.90 Å². The molecule has 0 saturated carbocycles. The molecule has 1 aromatic carbocycles. The topological polar surface area (TPSA) is 67.8 Å². The lowest BCUT2D eigenvalue weighted by atomic mass is 10.2. The van der Waals surface area contributed by atoms with Gasteiger partial charge in [-0.05, 0) is 38.5 Å². The van der Waals surface area contributed by atoms with Crippen LogP contribution in [-0.4, -0.2) is 43.5 Å². The number of aliphatic hydroxyl groups excluding tert-OH is 1. The van der Waals surface area contributed by atoms with Gasteiger partial charge in [0.1, 0.15) is 5.75 Å². The van der Waals surface area contributed by atoms with Gasteiger partial charge in [-0.25, -0.2) is 0 Å². The Morgan fingerprint density at radius 3 is 2.80 bits per heavy atom. The predicted molar refractivity (Wildman–Crippen MR) is 77.0 cm³/mol. The van der Waals surface area contributed by atoms with E-state index in [-0.39, 0.29) is 18.6 Å². The van der Waals surface area contributed by atoms with E-state index in [0.29, 0.717) is 24.3 Å². The molecule has 2 N–H and O–H groups in total. The number of aliphatic hydroxyl groups is 1. The van der Waals surface area contributed by atoms with Crippen LogP contribution >= 0.6 is 0 Å². The Labute approximate surface area is 119 Å². The number of rotatable bonds is 8. The number of hydrogen-bond donors (Lipinski definition) is 2. The van der Waals surface area contributed by atoms with Crippen LogP contribution in [0.25, 0.3) is 0 Å². The highest BCUT2D eigenvalue weighted by molar-refractivity contribution is 5.94. The van der Waals surface area contributed by atoms with Gasteiger partial charge in [-0.15, -0.1) is 0 Å². The summed E-state index contributed by atoms with van der Waals surface area (Å²) in [5.41, 5.74) is 0.546. The number of nitrogens with one attached hydrogen (secondary N) is 1. The number of ether oxygens (including phenoxy) is 2. The SMILES string of the molecule is COCC(O)CCNC(=O)c1cccc(OC(C)C)c1. The van der Waals surface area contributed by atoms with Gasteiger partial charge < -0.3 is 19.9 Å². The van der Waals surface area contributed by atoms with E-state index in [2.05, 4.69) is 5.32 Å². The van der Waals surface area contributed by atoms with E-state index in [1.54, 1.807) is 18.2 Å². The minimum Gasteiger partial charge on any atom is -0.491 e. The minimum absolute atomic E-state index is 0.0671. The van der Waals surface area contributed by atoms with Crippen molar-refractivity contribution in [2.45, 2.75) is 32.5 Å². The molecule has 1 amide bonds. The Bertz CT molecular complexity index is 420. The Hall–Kier alpha value is -1.59. The average molecular weight is 281 g/mol. The predicted octanol–water partition coefficient (Wildman–Crippen LogP) is 1.60. The van der Waals surface area contributed by atoms with Crippen molar-refractivity contribution in [1.29, 1.82) is 0 Å². The maximum absolute atomic E-state index is 11.9. The zero-order valence-electron chi connectivity index (χ0n) is 12.3. The summed E-state index contributed by atoms with van der Waals surface area (Å²) in [4.78, 5) is 11.9. The average Bonchev–Trinajstić information content (AvgIpc) is 2.38. The van der Waals surface area contributed by atoms with Crippen LogP contribution in [0, 0.1) is 0 Å². The number of carbonyl (C=O) groups is 1. The second kappa shape index (κ2) is 8.55. The molecule has 0 aliphatic rings. The largest absolute Gasteiger partial charge is 0.491 e. The van der Waals surface area contributed by atoms with Crippen molar-refractivity contribution in [2.75, 3.05) is 20.3 Å². The van der Waals surface area contributed by atoms with Crippen LogP contribution < -0.4 is 10.1 Å². The summed E-state index contributed by atoms with van der Waals surface area (Å²) in [6.45, 7) is 4.54. The first-order chi connectivity index (χ1) is 9.52. The van der Waals surface area contributed by atoms with Gasteiger partial charge in [0.2, 0.25) is 0 Å². The monoisotopic (exact) mass is 281 g/mol. The van der Waals surface area contributed by atoms with Gasteiger partial charge in [-0.2, -0.15) is 0 Å². The van der Waals surface area contributed by atoms with E-state index in [1.165, 1.54) is 7.11 Å². The molecule has 5 heteroatoms. The highest BCUT2D eigenvalue weighted by atomic mass is 16.5. The summed E-state index contributed by atoms with van der Waals surface area (Å²) in [6.07, 6.45) is -0.0321. The lowest BCUT2D eigenvalue weighted by Crippen LogP contribution is -2.28. The Balaban J connectivity index is 2.47. The van der Waals surface area contributed by atoms with Crippen molar-refractivity contribution in [3.8, 4) is 5.75 Å². The third-order valence-electron chi connectivity index (χ3n) is 2.59. The molecule has 5 nitrogen and oxygen atoms in total. The third kappa shape index (κ3) is 6.04. The minimum atomic E-state index is -0.559. The first kappa shape index (κ1) is 16.5. The number of carbonyl (C=O) groups excluding carboxylic acids is 1. The summed E-state index contributed by atoms with van der Waals surface area (Å²) in [6, 6.07) is 7.04. The highest BCUT2D eigenvalue weighted by Gasteiger charge is 2.08. The fraction of sp³-hybridized carbons (Fsp3) is 0.533. The molecule has 0 aromatic heterocycles. The molecular weight excluding hydrogens is 258 g/mol. The first-order valence-electron chi connectivity index (χ1n) is 6.75. The van der Waals surface area contributed by atoms with E-state index < -0.39 is 6.10 Å². The van der Waals surface area contributed by atoms with E-state index in [0.717, 1.165) is 0 Å². The first-order valence-corrected chi connectivity index (χ1v) is 6.75. The van der Waals surface area contributed by atoms with Gasteiger partial charge >= 0.3 is 0 Å². The summed E-state index contributed by atoms with van der Waals surface area (Å²) >= 11 is 0. The molecule has 0 radical (unpaired) electrons. The van der Waals surface area contributed by atoms with Gasteiger partial charge in [0.25, 0.3) is 5.91 Å². The van der Waals surface area contributed by atoms with E-state index in [4.69, 9.17) is 9.47 Å².